The molecule has 23 heavy (non-hydrogen) atoms. The predicted molar refractivity (Wildman–Crippen MR) is 85.7 cm³/mol. The Morgan fingerprint density at radius 3 is 2.57 bits per heavy atom. The maximum atomic E-state index is 13.1. The highest BCUT2D eigenvalue weighted by Gasteiger charge is 2.14. The molecule has 116 valence electrons. The molecule has 1 N–H and O–H groups in total. The molecule has 0 radical (unpaired) electrons. The van der Waals surface area contributed by atoms with Gasteiger partial charge in [0.15, 0.2) is 5.16 Å². The molecule has 0 spiro atoms. The summed E-state index contributed by atoms with van der Waals surface area (Å²) in [6.45, 7) is 0. The van der Waals surface area contributed by atoms with Crippen LogP contribution in [0.1, 0.15) is 0 Å². The number of para-hydroxylation sites is 1. The summed E-state index contributed by atoms with van der Waals surface area (Å²) in [6.07, 6.45) is 0. The van der Waals surface area contributed by atoms with Crippen LogP contribution in [0.15, 0.2) is 58.5 Å². The molecule has 5 nitrogen and oxygen atoms in total. The normalized spacial score (nSPS) is 10.8. The molecule has 0 atom stereocenters. The Morgan fingerprint density at radius 1 is 1.17 bits per heavy atom. The van der Waals surface area contributed by atoms with Crippen LogP contribution in [-0.2, 0) is 4.79 Å². The van der Waals surface area contributed by atoms with Gasteiger partial charge in [-0.1, -0.05) is 23.9 Å². The quantitative estimate of drug-likeness (QED) is 0.588. The summed E-state index contributed by atoms with van der Waals surface area (Å²) in [4.78, 5) is 28.0. The number of benzene rings is 2. The second-order valence-corrected chi connectivity index (χ2v) is 5.65. The lowest BCUT2D eigenvalue weighted by molar-refractivity contribution is -0.133. The van der Waals surface area contributed by atoms with Crippen molar-refractivity contribution < 1.29 is 14.3 Å². The highest BCUT2D eigenvalue weighted by molar-refractivity contribution is 7.99. The molecular formula is C16H11FN2O3S. The zero-order chi connectivity index (χ0) is 16.4. The summed E-state index contributed by atoms with van der Waals surface area (Å²) in [6, 6.07) is 12.2. The van der Waals surface area contributed by atoms with Crippen molar-refractivity contribution in [2.75, 3.05) is 5.75 Å². The molecule has 0 saturated heterocycles. The van der Waals surface area contributed by atoms with Crippen LogP contribution in [0.4, 0.5) is 4.39 Å². The van der Waals surface area contributed by atoms with E-state index in [0.29, 0.717) is 16.6 Å². The minimum Gasteiger partial charge on any atom is -0.481 e. The van der Waals surface area contributed by atoms with Crippen LogP contribution in [0.5, 0.6) is 0 Å². The topological polar surface area (TPSA) is 72.2 Å². The van der Waals surface area contributed by atoms with Gasteiger partial charge in [0.2, 0.25) is 0 Å². The number of aromatic nitrogens is 2. The molecule has 1 heterocycles. The number of thioether (sulfide) groups is 1. The molecule has 0 aliphatic carbocycles. The van der Waals surface area contributed by atoms with E-state index in [1.165, 1.54) is 28.8 Å². The van der Waals surface area contributed by atoms with E-state index in [4.69, 9.17) is 5.11 Å². The van der Waals surface area contributed by atoms with Crippen LogP contribution in [0.25, 0.3) is 16.6 Å². The van der Waals surface area contributed by atoms with E-state index >= 15 is 0 Å². The number of halogens is 1. The summed E-state index contributed by atoms with van der Waals surface area (Å²) in [5.74, 6) is -1.66. The second kappa shape index (κ2) is 6.21. The zero-order valence-corrected chi connectivity index (χ0v) is 12.6. The van der Waals surface area contributed by atoms with Crippen molar-refractivity contribution in [1.82, 2.24) is 9.55 Å². The molecule has 0 bridgehead atoms. The number of carboxylic acid groups (broad SMARTS) is 1. The van der Waals surface area contributed by atoms with Crippen molar-refractivity contribution in [2.45, 2.75) is 5.16 Å². The van der Waals surface area contributed by atoms with E-state index in [-0.39, 0.29) is 16.5 Å². The second-order valence-electron chi connectivity index (χ2n) is 4.71. The minimum absolute atomic E-state index is 0.230. The van der Waals surface area contributed by atoms with Crippen LogP contribution in [0.3, 0.4) is 0 Å². The fourth-order valence-corrected chi connectivity index (χ4v) is 2.89. The van der Waals surface area contributed by atoms with E-state index in [9.17, 15) is 14.0 Å². The Bertz CT molecular complexity index is 938. The number of carbonyl (C=O) groups is 1. The van der Waals surface area contributed by atoms with E-state index < -0.39 is 11.8 Å². The molecule has 7 heteroatoms. The van der Waals surface area contributed by atoms with Crippen molar-refractivity contribution in [3.05, 3.63) is 64.7 Å². The van der Waals surface area contributed by atoms with Crippen LogP contribution >= 0.6 is 11.8 Å². The fourth-order valence-electron chi connectivity index (χ4n) is 2.15. The first-order chi connectivity index (χ1) is 11.1. The Labute approximate surface area is 134 Å². The Balaban J connectivity index is 2.25. The summed E-state index contributed by atoms with van der Waals surface area (Å²) < 4.78 is 14.4. The molecule has 3 rings (SSSR count). The molecule has 3 aromatic rings. The summed E-state index contributed by atoms with van der Waals surface area (Å²) in [5, 5.41) is 9.54. The number of hydrogen-bond donors (Lipinski definition) is 1. The Hall–Kier alpha value is -2.67. The molecule has 1 aromatic heterocycles. The third kappa shape index (κ3) is 3.09. The number of hydrogen-bond acceptors (Lipinski definition) is 4. The van der Waals surface area contributed by atoms with Gasteiger partial charge in [-0.15, -0.1) is 0 Å². The molecular weight excluding hydrogens is 319 g/mol. The van der Waals surface area contributed by atoms with Gasteiger partial charge in [-0.2, -0.15) is 0 Å². The van der Waals surface area contributed by atoms with E-state index in [1.54, 1.807) is 24.3 Å². The van der Waals surface area contributed by atoms with Crippen molar-refractivity contribution in [3.8, 4) is 5.69 Å². The fraction of sp³-hybridized carbons (Fsp3) is 0.0625. The van der Waals surface area contributed by atoms with Gasteiger partial charge < -0.3 is 5.11 Å². The summed E-state index contributed by atoms with van der Waals surface area (Å²) in [7, 11) is 0. The number of nitrogens with zero attached hydrogens (tertiary/aromatic N) is 2. The molecule has 0 saturated carbocycles. The first-order valence-corrected chi connectivity index (χ1v) is 7.67. The molecule has 2 aromatic carbocycles. The van der Waals surface area contributed by atoms with Crippen molar-refractivity contribution in [2.24, 2.45) is 0 Å². The minimum atomic E-state index is -1.01. The van der Waals surface area contributed by atoms with Crippen LogP contribution in [0, 0.1) is 5.82 Å². The molecule has 0 fully saturated rings. The van der Waals surface area contributed by atoms with Crippen LogP contribution < -0.4 is 5.56 Å². The monoisotopic (exact) mass is 330 g/mol. The summed E-state index contributed by atoms with van der Waals surface area (Å²) >= 11 is 0.942. The number of carboxylic acids is 1. The summed E-state index contributed by atoms with van der Waals surface area (Å²) in [5.41, 5.74) is 0.599. The maximum absolute atomic E-state index is 13.1. The average Bonchev–Trinajstić information content (AvgIpc) is 2.54. The molecule has 0 aliphatic rings. The molecule has 0 amide bonds. The first kappa shape index (κ1) is 15.2. The standard InChI is InChI=1S/C16H11FN2O3S/c17-10-5-7-11(8-6-10)19-15(22)12-3-1-2-4-13(12)18-16(19)23-9-14(20)21/h1-8H,9H2,(H,20,21). The largest absolute Gasteiger partial charge is 0.481 e. The Kier molecular flexibility index (Phi) is 4.12. The van der Waals surface area contributed by atoms with Gasteiger partial charge in [-0.05, 0) is 36.4 Å². The SMILES string of the molecule is O=C(O)CSc1nc2ccccc2c(=O)n1-c1ccc(F)cc1. The Morgan fingerprint density at radius 2 is 1.87 bits per heavy atom. The van der Waals surface area contributed by atoms with Gasteiger partial charge in [0.1, 0.15) is 5.82 Å². The smallest absolute Gasteiger partial charge is 0.313 e. The lowest BCUT2D eigenvalue weighted by atomic mass is 10.2. The van der Waals surface area contributed by atoms with E-state index in [2.05, 4.69) is 4.98 Å². The molecule has 0 unspecified atom stereocenters. The van der Waals surface area contributed by atoms with Gasteiger partial charge in [0.25, 0.3) is 5.56 Å². The first-order valence-electron chi connectivity index (χ1n) is 6.68. The third-order valence-electron chi connectivity index (χ3n) is 3.15. The van der Waals surface area contributed by atoms with E-state index in [1.807, 2.05) is 0 Å². The predicted octanol–water partition coefficient (Wildman–Crippen LogP) is 2.70. The lowest BCUT2D eigenvalue weighted by Gasteiger charge is -2.12. The third-order valence-corrected chi connectivity index (χ3v) is 4.08. The van der Waals surface area contributed by atoms with Gasteiger partial charge in [0.05, 0.1) is 22.3 Å². The van der Waals surface area contributed by atoms with Crippen LogP contribution in [0.2, 0.25) is 0 Å². The number of rotatable bonds is 4. The highest BCUT2D eigenvalue weighted by atomic mass is 32.2. The van der Waals surface area contributed by atoms with Crippen molar-refractivity contribution >= 4 is 28.6 Å². The number of aliphatic carboxylic acids is 1. The maximum Gasteiger partial charge on any atom is 0.313 e. The van der Waals surface area contributed by atoms with Crippen LogP contribution in [-0.4, -0.2) is 26.4 Å². The van der Waals surface area contributed by atoms with Crippen molar-refractivity contribution in [1.29, 1.82) is 0 Å². The van der Waals surface area contributed by atoms with Gasteiger partial charge in [-0.3, -0.25) is 14.2 Å². The lowest BCUT2D eigenvalue weighted by Crippen LogP contribution is -2.22. The number of fused-ring (bicyclic) bond motifs is 1. The van der Waals surface area contributed by atoms with Gasteiger partial charge in [0, 0.05) is 0 Å². The van der Waals surface area contributed by atoms with Gasteiger partial charge in [-0.25, -0.2) is 9.37 Å². The van der Waals surface area contributed by atoms with Crippen molar-refractivity contribution in [3.63, 3.8) is 0 Å². The average molecular weight is 330 g/mol. The van der Waals surface area contributed by atoms with E-state index in [0.717, 1.165) is 11.8 Å². The molecule has 0 aliphatic heterocycles. The van der Waals surface area contributed by atoms with Gasteiger partial charge >= 0.3 is 5.97 Å². The zero-order valence-electron chi connectivity index (χ0n) is 11.8. The highest BCUT2D eigenvalue weighted by Crippen LogP contribution is 2.21.